The Morgan fingerprint density at radius 1 is 0.923 bits per heavy atom. The molecular weight excluding hydrogens is 508 g/mol. The zero-order valence-electron chi connectivity index (χ0n) is 24.1. The molecule has 0 spiro atoms. The van der Waals surface area contributed by atoms with Gasteiger partial charge in [0.05, 0.1) is 40.6 Å². The van der Waals surface area contributed by atoms with Gasteiger partial charge in [0, 0.05) is 31.4 Å². The normalized spacial score (nSPS) is 16.4. The number of aliphatic hydroxyl groups is 1. The maximum absolute atomic E-state index is 10.0. The largest absolute Gasteiger partial charge is 0.493 e. The van der Waals surface area contributed by atoms with Crippen molar-refractivity contribution >= 4 is 0 Å². The number of ether oxygens (including phenoxy) is 9. The van der Waals surface area contributed by atoms with E-state index in [-0.39, 0.29) is 26.3 Å². The lowest BCUT2D eigenvalue weighted by Gasteiger charge is -2.24. The predicted molar refractivity (Wildman–Crippen MR) is 145 cm³/mol. The Labute approximate surface area is 231 Å². The molecule has 0 aromatic heterocycles. The van der Waals surface area contributed by atoms with E-state index >= 15 is 0 Å². The summed E-state index contributed by atoms with van der Waals surface area (Å²) in [6.45, 7) is 7.08. The Kier molecular flexibility index (Phi) is 11.7. The molecule has 3 rings (SSSR count). The lowest BCUT2D eigenvalue weighted by molar-refractivity contribution is -0.144. The van der Waals surface area contributed by atoms with Crippen molar-refractivity contribution in [2.75, 3.05) is 61.8 Å². The molecular formula is C29H42O10. The summed E-state index contributed by atoms with van der Waals surface area (Å²) in [4.78, 5) is 0. The van der Waals surface area contributed by atoms with Gasteiger partial charge in [-0.3, -0.25) is 0 Å². The molecule has 10 heteroatoms. The number of methoxy groups -OCH3 is 4. The quantitative estimate of drug-likeness (QED) is 0.243. The first-order chi connectivity index (χ1) is 18.8. The first kappa shape index (κ1) is 30.9. The summed E-state index contributed by atoms with van der Waals surface area (Å²) in [5.41, 5.74) is 4.10. The highest BCUT2D eigenvalue weighted by molar-refractivity contribution is 5.83. The minimum Gasteiger partial charge on any atom is -0.493 e. The van der Waals surface area contributed by atoms with E-state index in [0.29, 0.717) is 66.8 Å². The van der Waals surface area contributed by atoms with Crippen molar-refractivity contribution < 1.29 is 47.7 Å². The van der Waals surface area contributed by atoms with Gasteiger partial charge in [-0.15, -0.1) is 0 Å². The summed E-state index contributed by atoms with van der Waals surface area (Å²) in [7, 11) is 6.28. The van der Waals surface area contributed by atoms with E-state index in [1.165, 1.54) is 0 Å². The maximum Gasteiger partial charge on any atom is 0.188 e. The van der Waals surface area contributed by atoms with Crippen LogP contribution in [0.15, 0.2) is 18.2 Å². The second kappa shape index (κ2) is 14.7. The highest BCUT2D eigenvalue weighted by Gasteiger charge is 2.32. The third kappa shape index (κ3) is 7.75. The van der Waals surface area contributed by atoms with Crippen molar-refractivity contribution in [1.82, 2.24) is 0 Å². The molecule has 39 heavy (non-hydrogen) atoms. The van der Waals surface area contributed by atoms with Crippen LogP contribution in [0.5, 0.6) is 23.0 Å². The SMILES string of the molecule is CCc1c(OCOC)cc(OCOC)c(-c2cc(CO)cc(OC)c2OC)c1CCOCC1COC(C)(C)O1. The molecule has 0 saturated carbocycles. The first-order valence-electron chi connectivity index (χ1n) is 13.0. The molecule has 1 fully saturated rings. The van der Waals surface area contributed by atoms with E-state index in [0.717, 1.165) is 16.7 Å². The molecule has 2 aromatic carbocycles. The van der Waals surface area contributed by atoms with Crippen LogP contribution in [0.4, 0.5) is 0 Å². The second-order valence-corrected chi connectivity index (χ2v) is 9.47. The Hall–Kier alpha value is -2.60. The van der Waals surface area contributed by atoms with Crippen molar-refractivity contribution in [2.24, 2.45) is 0 Å². The van der Waals surface area contributed by atoms with Gasteiger partial charge in [0.2, 0.25) is 0 Å². The number of benzene rings is 2. The topological polar surface area (TPSA) is 103 Å². The third-order valence-corrected chi connectivity index (χ3v) is 6.35. The van der Waals surface area contributed by atoms with Crippen LogP contribution in [-0.2, 0) is 43.1 Å². The van der Waals surface area contributed by atoms with Crippen molar-refractivity contribution in [3.8, 4) is 34.1 Å². The molecule has 1 saturated heterocycles. The molecule has 1 aliphatic rings. The van der Waals surface area contributed by atoms with Crippen LogP contribution < -0.4 is 18.9 Å². The Morgan fingerprint density at radius 3 is 2.21 bits per heavy atom. The zero-order chi connectivity index (χ0) is 28.4. The summed E-state index contributed by atoms with van der Waals surface area (Å²) in [6, 6.07) is 5.46. The molecule has 0 bridgehead atoms. The minimum absolute atomic E-state index is 0.0199. The van der Waals surface area contributed by atoms with E-state index in [9.17, 15) is 5.11 Å². The summed E-state index contributed by atoms with van der Waals surface area (Å²) in [6.07, 6.45) is 1.09. The van der Waals surface area contributed by atoms with E-state index < -0.39 is 5.79 Å². The van der Waals surface area contributed by atoms with Crippen molar-refractivity contribution in [3.05, 3.63) is 34.9 Å². The van der Waals surface area contributed by atoms with Crippen LogP contribution in [0.25, 0.3) is 11.1 Å². The molecule has 10 nitrogen and oxygen atoms in total. The van der Waals surface area contributed by atoms with Gasteiger partial charge in [-0.25, -0.2) is 0 Å². The van der Waals surface area contributed by atoms with Gasteiger partial charge in [0.15, 0.2) is 30.9 Å². The van der Waals surface area contributed by atoms with Crippen LogP contribution >= 0.6 is 0 Å². The van der Waals surface area contributed by atoms with Crippen molar-refractivity contribution in [3.63, 3.8) is 0 Å². The molecule has 1 N–H and O–H groups in total. The molecule has 0 radical (unpaired) electrons. The Balaban J connectivity index is 2.11. The van der Waals surface area contributed by atoms with Gasteiger partial charge >= 0.3 is 0 Å². The second-order valence-electron chi connectivity index (χ2n) is 9.47. The molecule has 2 aromatic rings. The molecule has 1 heterocycles. The van der Waals surface area contributed by atoms with Gasteiger partial charge in [0.1, 0.15) is 17.6 Å². The highest BCUT2D eigenvalue weighted by atomic mass is 16.7. The van der Waals surface area contributed by atoms with E-state index in [1.807, 2.05) is 26.0 Å². The standard InChI is InChI=1S/C29H42O10/c1-8-21-22(9-10-35-15-20-16-38-29(2,3)39-20)27(25(37-18-32-5)13-24(21)36-17-31-4)23-11-19(14-30)12-26(33-6)28(23)34-7/h11-13,20,30H,8-10,14-18H2,1-7H3. The van der Waals surface area contributed by atoms with E-state index in [2.05, 4.69) is 6.92 Å². The van der Waals surface area contributed by atoms with Crippen LogP contribution in [0, 0.1) is 0 Å². The lowest BCUT2D eigenvalue weighted by atomic mass is 9.89. The van der Waals surface area contributed by atoms with E-state index in [4.69, 9.17) is 42.6 Å². The van der Waals surface area contributed by atoms with Gasteiger partial charge in [-0.2, -0.15) is 0 Å². The average Bonchev–Trinajstić information content (AvgIpc) is 3.29. The van der Waals surface area contributed by atoms with Gasteiger partial charge in [-0.05, 0) is 55.5 Å². The van der Waals surface area contributed by atoms with Crippen LogP contribution in [0.1, 0.15) is 37.5 Å². The Morgan fingerprint density at radius 2 is 1.64 bits per heavy atom. The fraction of sp³-hybridized carbons (Fsp3) is 0.586. The fourth-order valence-electron chi connectivity index (χ4n) is 4.71. The predicted octanol–water partition coefficient (Wildman–Crippen LogP) is 4.10. The van der Waals surface area contributed by atoms with Gasteiger partial charge in [0.25, 0.3) is 0 Å². The molecule has 1 unspecified atom stereocenters. The zero-order valence-corrected chi connectivity index (χ0v) is 24.1. The number of hydrogen-bond acceptors (Lipinski definition) is 10. The fourth-order valence-corrected chi connectivity index (χ4v) is 4.71. The summed E-state index contributed by atoms with van der Waals surface area (Å²) in [5, 5.41) is 10.0. The molecule has 218 valence electrons. The molecule has 1 atom stereocenters. The van der Waals surface area contributed by atoms with Gasteiger partial charge in [-0.1, -0.05) is 6.92 Å². The molecule has 0 aliphatic carbocycles. The Bertz CT molecular complexity index is 1070. The minimum atomic E-state index is -0.607. The molecule has 0 amide bonds. The third-order valence-electron chi connectivity index (χ3n) is 6.35. The highest BCUT2D eigenvalue weighted by Crippen LogP contribution is 2.48. The summed E-state index contributed by atoms with van der Waals surface area (Å²) in [5.74, 6) is 1.58. The lowest BCUT2D eigenvalue weighted by Crippen LogP contribution is -2.24. The molecule has 1 aliphatic heterocycles. The van der Waals surface area contributed by atoms with Crippen LogP contribution in [0.2, 0.25) is 0 Å². The monoisotopic (exact) mass is 550 g/mol. The van der Waals surface area contributed by atoms with Crippen molar-refractivity contribution in [1.29, 1.82) is 0 Å². The maximum atomic E-state index is 10.0. The average molecular weight is 551 g/mol. The number of hydrogen-bond donors (Lipinski definition) is 1. The van der Waals surface area contributed by atoms with Crippen LogP contribution in [-0.4, -0.2) is 78.8 Å². The first-order valence-corrected chi connectivity index (χ1v) is 13.0. The summed E-state index contributed by atoms with van der Waals surface area (Å²) >= 11 is 0. The number of rotatable bonds is 16. The van der Waals surface area contributed by atoms with Gasteiger partial charge < -0.3 is 47.7 Å². The number of aliphatic hydroxyl groups excluding tert-OH is 1. The van der Waals surface area contributed by atoms with Crippen molar-refractivity contribution in [2.45, 2.75) is 52.1 Å². The van der Waals surface area contributed by atoms with Crippen LogP contribution in [0.3, 0.4) is 0 Å². The van der Waals surface area contributed by atoms with E-state index in [1.54, 1.807) is 34.5 Å². The summed E-state index contributed by atoms with van der Waals surface area (Å²) < 4.78 is 51.5. The smallest absolute Gasteiger partial charge is 0.188 e.